The van der Waals surface area contributed by atoms with Crippen LogP contribution in [0.25, 0.3) is 11.0 Å². The van der Waals surface area contributed by atoms with Crippen molar-refractivity contribution in [1.82, 2.24) is 10.2 Å². The van der Waals surface area contributed by atoms with Gasteiger partial charge in [-0.25, -0.2) is 0 Å². The van der Waals surface area contributed by atoms with E-state index in [1.807, 2.05) is 36.4 Å². The first-order chi connectivity index (χ1) is 18.5. The Balaban J connectivity index is 1.41. The average molecular weight is 519 g/mol. The van der Waals surface area contributed by atoms with Crippen LogP contribution < -0.4 is 14.8 Å². The molecule has 0 unspecified atom stereocenters. The number of nitrogens with zero attached hydrogens (tertiary/aromatic N) is 1. The number of methoxy groups -OCH3 is 1. The van der Waals surface area contributed by atoms with E-state index >= 15 is 0 Å². The van der Waals surface area contributed by atoms with Crippen LogP contribution in [0, 0.1) is 5.92 Å². The van der Waals surface area contributed by atoms with Crippen molar-refractivity contribution in [3.8, 4) is 11.5 Å². The number of aliphatic hydroxyl groups excluding tert-OH is 2. The molecule has 3 N–H and O–H groups in total. The molecule has 3 aromatic rings. The van der Waals surface area contributed by atoms with E-state index in [2.05, 4.69) is 5.32 Å². The van der Waals surface area contributed by atoms with Gasteiger partial charge in [-0.1, -0.05) is 30.3 Å². The van der Waals surface area contributed by atoms with Crippen molar-refractivity contribution < 1.29 is 33.7 Å². The highest BCUT2D eigenvalue weighted by molar-refractivity contribution is 5.99. The Morgan fingerprint density at radius 1 is 1.16 bits per heavy atom. The number of nitrogens with one attached hydrogen (secondary N) is 1. The van der Waals surface area contributed by atoms with Gasteiger partial charge in [0.15, 0.2) is 17.1 Å². The van der Waals surface area contributed by atoms with Crippen molar-refractivity contribution in [1.29, 1.82) is 0 Å². The minimum absolute atomic E-state index is 0.0921. The Morgan fingerprint density at radius 2 is 1.97 bits per heavy atom. The number of hydrogen-bond acceptors (Lipinski definition) is 7. The predicted octanol–water partition coefficient (Wildman–Crippen LogP) is 2.62. The number of amides is 2. The minimum Gasteiger partial charge on any atom is -0.493 e. The van der Waals surface area contributed by atoms with Crippen molar-refractivity contribution in [2.75, 3.05) is 26.8 Å². The van der Waals surface area contributed by atoms with E-state index in [1.165, 1.54) is 0 Å². The lowest BCUT2D eigenvalue weighted by molar-refractivity contribution is -0.118. The number of carbonyl (C=O) groups is 2. The van der Waals surface area contributed by atoms with Gasteiger partial charge >= 0.3 is 0 Å². The zero-order valence-electron chi connectivity index (χ0n) is 21.0. The molecular formula is C29H30N2O7. The summed E-state index contributed by atoms with van der Waals surface area (Å²) in [7, 11) is 1.54. The fourth-order valence-electron chi connectivity index (χ4n) is 5.55. The fourth-order valence-corrected chi connectivity index (χ4v) is 5.55. The molecule has 9 nitrogen and oxygen atoms in total. The molecule has 1 fully saturated rings. The highest BCUT2D eigenvalue weighted by atomic mass is 16.5. The fraction of sp³-hybridized carbons (Fsp3) is 0.379. The molecule has 0 saturated heterocycles. The van der Waals surface area contributed by atoms with Crippen LogP contribution in [0.2, 0.25) is 0 Å². The molecule has 1 aliphatic heterocycles. The molecule has 2 amide bonds. The van der Waals surface area contributed by atoms with E-state index in [0.717, 1.165) is 23.8 Å². The first-order valence-corrected chi connectivity index (χ1v) is 12.9. The topological polar surface area (TPSA) is 121 Å². The van der Waals surface area contributed by atoms with Gasteiger partial charge in [-0.2, -0.15) is 0 Å². The number of hydrogen-bond donors (Lipinski definition) is 3. The Labute approximate surface area is 219 Å². The highest BCUT2D eigenvalue weighted by Crippen LogP contribution is 2.47. The minimum atomic E-state index is -1.08. The third kappa shape index (κ3) is 4.21. The monoisotopic (exact) mass is 518 g/mol. The molecule has 0 spiro atoms. The largest absolute Gasteiger partial charge is 0.493 e. The Morgan fingerprint density at radius 3 is 2.74 bits per heavy atom. The number of benzene rings is 2. The van der Waals surface area contributed by atoms with Crippen LogP contribution in [0.15, 0.2) is 64.6 Å². The van der Waals surface area contributed by atoms with Gasteiger partial charge in [0.2, 0.25) is 5.91 Å². The van der Waals surface area contributed by atoms with Gasteiger partial charge in [0.1, 0.15) is 18.0 Å². The lowest BCUT2D eigenvalue weighted by atomic mass is 9.77. The maximum absolute atomic E-state index is 14.0. The van der Waals surface area contributed by atoms with Crippen molar-refractivity contribution >= 4 is 22.8 Å². The molecule has 2 aliphatic carbocycles. The van der Waals surface area contributed by atoms with Crippen molar-refractivity contribution in [2.24, 2.45) is 5.92 Å². The molecule has 0 radical (unpaired) electrons. The number of ether oxygens (including phenoxy) is 2. The summed E-state index contributed by atoms with van der Waals surface area (Å²) in [5, 5.41) is 24.4. The van der Waals surface area contributed by atoms with Gasteiger partial charge in [0.25, 0.3) is 5.91 Å². The number of para-hydroxylation sites is 2. The van der Waals surface area contributed by atoms with Crippen LogP contribution in [-0.4, -0.2) is 72.0 Å². The van der Waals surface area contributed by atoms with Crippen LogP contribution in [0.4, 0.5) is 0 Å². The third-order valence-corrected chi connectivity index (χ3v) is 7.59. The van der Waals surface area contributed by atoms with Crippen molar-refractivity contribution in [2.45, 2.75) is 37.0 Å². The summed E-state index contributed by atoms with van der Waals surface area (Å²) in [5.41, 5.74) is 1.69. The SMILES string of the molecule is COc1cccc2cc(C(=O)N(CC3CC3)[C@@H]3C=C(C(=O)NCCO)[C@@H]4c5ccccc5O[C@@H]4[C@H]3O)oc12. The van der Waals surface area contributed by atoms with E-state index in [1.54, 1.807) is 30.2 Å². The molecule has 198 valence electrons. The summed E-state index contributed by atoms with van der Waals surface area (Å²) in [6.45, 7) is 0.310. The van der Waals surface area contributed by atoms with E-state index in [0.29, 0.717) is 35.1 Å². The van der Waals surface area contributed by atoms with E-state index in [-0.39, 0.29) is 30.7 Å². The smallest absolute Gasteiger partial charge is 0.290 e. The lowest BCUT2D eigenvalue weighted by Crippen LogP contribution is -2.56. The van der Waals surface area contributed by atoms with E-state index in [4.69, 9.17) is 13.9 Å². The molecule has 6 rings (SSSR count). The standard InChI is InChI=1S/C29H30N2O7/c1-36-22-8-4-5-17-13-23(38-26(17)22)29(35)31(15-16-9-10-16)20-14-19(28(34)30-11-12-32)24-18-6-2-3-7-21(18)37-27(24)25(20)33/h2-8,13-14,16,20,24-25,27,32-33H,9-12,15H2,1H3,(H,30,34)/t20-,24+,25+,27+/m1/s1. The maximum atomic E-state index is 14.0. The molecule has 3 aliphatic rings. The Hall–Kier alpha value is -3.82. The predicted molar refractivity (Wildman–Crippen MR) is 138 cm³/mol. The van der Waals surface area contributed by atoms with Crippen LogP contribution in [0.1, 0.15) is 34.9 Å². The normalized spacial score (nSPS) is 23.7. The van der Waals surface area contributed by atoms with Gasteiger partial charge in [0, 0.05) is 29.6 Å². The number of aliphatic hydroxyl groups is 2. The Kier molecular flexibility index (Phi) is 6.33. The zero-order chi connectivity index (χ0) is 26.4. The quantitative estimate of drug-likeness (QED) is 0.419. The van der Waals surface area contributed by atoms with Crippen LogP contribution in [0.5, 0.6) is 11.5 Å². The second-order valence-electron chi connectivity index (χ2n) is 10.1. The molecule has 2 heterocycles. The van der Waals surface area contributed by atoms with Crippen LogP contribution in [-0.2, 0) is 4.79 Å². The number of furan rings is 1. The van der Waals surface area contributed by atoms with Gasteiger partial charge in [-0.15, -0.1) is 0 Å². The molecule has 4 atom stereocenters. The number of fused-ring (bicyclic) bond motifs is 4. The molecule has 1 saturated carbocycles. The van der Waals surface area contributed by atoms with Crippen molar-refractivity contribution in [3.63, 3.8) is 0 Å². The molecule has 1 aromatic heterocycles. The number of rotatable bonds is 8. The second kappa shape index (κ2) is 9.81. The summed E-state index contributed by atoms with van der Waals surface area (Å²) in [6, 6.07) is 13.7. The second-order valence-corrected chi connectivity index (χ2v) is 10.1. The van der Waals surface area contributed by atoms with E-state index in [9.17, 15) is 19.8 Å². The molecule has 38 heavy (non-hydrogen) atoms. The van der Waals surface area contributed by atoms with Crippen molar-refractivity contribution in [3.05, 3.63) is 71.5 Å². The summed E-state index contributed by atoms with van der Waals surface area (Å²) in [6.07, 6.45) is 1.84. The summed E-state index contributed by atoms with van der Waals surface area (Å²) in [5.74, 6) is 0.338. The summed E-state index contributed by atoms with van der Waals surface area (Å²) >= 11 is 0. The van der Waals surface area contributed by atoms with Crippen LogP contribution >= 0.6 is 0 Å². The van der Waals surface area contributed by atoms with Gasteiger partial charge in [0.05, 0.1) is 25.7 Å². The molecule has 0 bridgehead atoms. The van der Waals surface area contributed by atoms with E-state index < -0.39 is 24.2 Å². The molecule has 9 heteroatoms. The van der Waals surface area contributed by atoms with Gasteiger partial charge in [-0.3, -0.25) is 9.59 Å². The molecule has 2 aromatic carbocycles. The average Bonchev–Trinajstić information content (AvgIpc) is 3.51. The maximum Gasteiger partial charge on any atom is 0.290 e. The molecular weight excluding hydrogens is 488 g/mol. The third-order valence-electron chi connectivity index (χ3n) is 7.59. The number of carbonyl (C=O) groups excluding carboxylic acids is 2. The summed E-state index contributed by atoms with van der Waals surface area (Å²) in [4.78, 5) is 28.8. The Bertz CT molecular complexity index is 1410. The summed E-state index contributed by atoms with van der Waals surface area (Å²) < 4.78 is 17.5. The van der Waals surface area contributed by atoms with Gasteiger partial charge in [-0.05, 0) is 43.0 Å². The lowest BCUT2D eigenvalue weighted by Gasteiger charge is -2.40. The first-order valence-electron chi connectivity index (χ1n) is 12.9. The van der Waals surface area contributed by atoms with Gasteiger partial charge < -0.3 is 34.3 Å². The first kappa shape index (κ1) is 24.5. The zero-order valence-corrected chi connectivity index (χ0v) is 21.0. The van der Waals surface area contributed by atoms with Crippen LogP contribution in [0.3, 0.4) is 0 Å². The highest BCUT2D eigenvalue weighted by Gasteiger charge is 2.51.